The molecule has 0 bridgehead atoms. The minimum Gasteiger partial charge on any atom is -0.358 e. The molecule has 0 saturated carbocycles. The maximum absolute atomic E-state index is 11.9. The lowest BCUT2D eigenvalue weighted by Gasteiger charge is -2.22. The Bertz CT molecular complexity index is 828. The Morgan fingerprint density at radius 1 is 1.28 bits per heavy atom. The number of likely N-dealkylation sites (N-methyl/N-ethyl adjacent to an activating group) is 1. The standard InChI is InChI=1S/C18H23N5O2/c1-12-13(2)20-17(21-18(12)25)14-6-7-15(19-11-14)22(3)9-10-23-8-4-5-16(23)24/h6-7,11H,4-5,8-10H2,1-3H3,(H,20,21,25). The van der Waals surface area contributed by atoms with E-state index in [1.54, 1.807) is 13.1 Å². The van der Waals surface area contributed by atoms with Crippen LogP contribution in [0.4, 0.5) is 5.82 Å². The topological polar surface area (TPSA) is 82.2 Å². The second-order valence-electron chi connectivity index (χ2n) is 6.44. The Morgan fingerprint density at radius 3 is 2.68 bits per heavy atom. The van der Waals surface area contributed by atoms with Gasteiger partial charge in [0.15, 0.2) is 0 Å². The Balaban J connectivity index is 1.69. The molecule has 1 saturated heterocycles. The number of aromatic amines is 1. The summed E-state index contributed by atoms with van der Waals surface area (Å²) in [6.45, 7) is 5.88. The highest BCUT2D eigenvalue weighted by Crippen LogP contribution is 2.17. The third-order valence-corrected chi connectivity index (χ3v) is 4.68. The number of hydrogen-bond acceptors (Lipinski definition) is 5. The van der Waals surface area contributed by atoms with Gasteiger partial charge in [0, 0.05) is 56.1 Å². The Labute approximate surface area is 146 Å². The number of pyridine rings is 1. The van der Waals surface area contributed by atoms with Crippen LogP contribution in [0, 0.1) is 13.8 Å². The molecule has 7 nitrogen and oxygen atoms in total. The normalized spacial score (nSPS) is 14.2. The van der Waals surface area contributed by atoms with Crippen molar-refractivity contribution >= 4 is 11.7 Å². The SMILES string of the molecule is Cc1nc(-c2ccc(N(C)CCN3CCCC3=O)nc2)[nH]c(=O)c1C. The Kier molecular flexibility index (Phi) is 4.83. The van der Waals surface area contributed by atoms with Crippen LogP contribution in [0.15, 0.2) is 23.1 Å². The van der Waals surface area contributed by atoms with E-state index < -0.39 is 0 Å². The van der Waals surface area contributed by atoms with Gasteiger partial charge in [0.2, 0.25) is 5.91 Å². The lowest BCUT2D eigenvalue weighted by atomic mass is 10.2. The summed E-state index contributed by atoms with van der Waals surface area (Å²) in [5.74, 6) is 1.58. The van der Waals surface area contributed by atoms with E-state index in [0.717, 1.165) is 36.6 Å². The molecule has 1 aliphatic rings. The zero-order valence-electron chi connectivity index (χ0n) is 14.9. The van der Waals surface area contributed by atoms with E-state index in [1.165, 1.54) is 0 Å². The molecule has 0 radical (unpaired) electrons. The lowest BCUT2D eigenvalue weighted by Crippen LogP contribution is -2.34. The average molecular weight is 341 g/mol. The van der Waals surface area contributed by atoms with Crippen LogP contribution < -0.4 is 10.5 Å². The minimum atomic E-state index is -0.126. The minimum absolute atomic E-state index is 0.126. The van der Waals surface area contributed by atoms with E-state index in [2.05, 4.69) is 15.0 Å². The van der Waals surface area contributed by atoms with Crippen molar-refractivity contribution in [1.82, 2.24) is 19.9 Å². The number of hydrogen-bond donors (Lipinski definition) is 1. The number of rotatable bonds is 5. The average Bonchev–Trinajstić information content (AvgIpc) is 3.02. The summed E-state index contributed by atoms with van der Waals surface area (Å²) < 4.78 is 0. The number of anilines is 1. The number of nitrogens with one attached hydrogen (secondary N) is 1. The Morgan fingerprint density at radius 2 is 2.08 bits per heavy atom. The molecule has 1 aliphatic heterocycles. The summed E-state index contributed by atoms with van der Waals surface area (Å²) >= 11 is 0. The molecular weight excluding hydrogens is 318 g/mol. The van der Waals surface area contributed by atoms with E-state index >= 15 is 0 Å². The van der Waals surface area contributed by atoms with Crippen LogP contribution in [-0.4, -0.2) is 52.4 Å². The maximum atomic E-state index is 11.9. The maximum Gasteiger partial charge on any atom is 0.254 e. The molecule has 132 valence electrons. The van der Waals surface area contributed by atoms with Crippen molar-refractivity contribution in [2.24, 2.45) is 0 Å². The third-order valence-electron chi connectivity index (χ3n) is 4.68. The summed E-state index contributed by atoms with van der Waals surface area (Å²) in [4.78, 5) is 39.1. The second-order valence-corrected chi connectivity index (χ2v) is 6.44. The fraction of sp³-hybridized carbons (Fsp3) is 0.444. The van der Waals surface area contributed by atoms with Gasteiger partial charge in [-0.15, -0.1) is 0 Å². The molecule has 0 aliphatic carbocycles. The highest BCUT2D eigenvalue weighted by Gasteiger charge is 2.20. The summed E-state index contributed by atoms with van der Waals surface area (Å²) in [5, 5.41) is 0. The van der Waals surface area contributed by atoms with Crippen LogP contribution in [0.2, 0.25) is 0 Å². The number of H-pyrrole nitrogens is 1. The second kappa shape index (κ2) is 7.04. The number of nitrogens with zero attached hydrogens (tertiary/aromatic N) is 4. The van der Waals surface area contributed by atoms with Gasteiger partial charge in [-0.1, -0.05) is 0 Å². The molecule has 25 heavy (non-hydrogen) atoms. The van der Waals surface area contributed by atoms with Crippen molar-refractivity contribution in [3.8, 4) is 11.4 Å². The van der Waals surface area contributed by atoms with Crippen molar-refractivity contribution in [3.05, 3.63) is 39.9 Å². The Hall–Kier alpha value is -2.70. The van der Waals surface area contributed by atoms with Crippen LogP contribution in [0.25, 0.3) is 11.4 Å². The van der Waals surface area contributed by atoms with Crippen molar-refractivity contribution in [1.29, 1.82) is 0 Å². The largest absolute Gasteiger partial charge is 0.358 e. The van der Waals surface area contributed by atoms with Gasteiger partial charge in [0.05, 0.1) is 0 Å². The molecule has 3 heterocycles. The predicted octanol–water partition coefficient (Wildman–Crippen LogP) is 1.51. The van der Waals surface area contributed by atoms with E-state index in [9.17, 15) is 9.59 Å². The van der Waals surface area contributed by atoms with Gasteiger partial charge in [-0.2, -0.15) is 0 Å². The summed E-state index contributed by atoms with van der Waals surface area (Å²) in [6, 6.07) is 3.79. The van der Waals surface area contributed by atoms with Gasteiger partial charge in [0.1, 0.15) is 11.6 Å². The number of aromatic nitrogens is 3. The predicted molar refractivity (Wildman–Crippen MR) is 96.6 cm³/mol. The number of aryl methyl sites for hydroxylation is 1. The van der Waals surface area contributed by atoms with E-state index in [0.29, 0.717) is 24.4 Å². The third kappa shape index (κ3) is 3.70. The lowest BCUT2D eigenvalue weighted by molar-refractivity contribution is -0.127. The first-order chi connectivity index (χ1) is 12.0. The smallest absolute Gasteiger partial charge is 0.254 e. The summed E-state index contributed by atoms with van der Waals surface area (Å²) in [5.41, 5.74) is 1.99. The van der Waals surface area contributed by atoms with E-state index in [1.807, 2.05) is 35.9 Å². The molecule has 1 N–H and O–H groups in total. The van der Waals surface area contributed by atoms with E-state index in [4.69, 9.17) is 0 Å². The van der Waals surface area contributed by atoms with Gasteiger partial charge in [-0.25, -0.2) is 9.97 Å². The molecule has 3 rings (SSSR count). The van der Waals surface area contributed by atoms with Crippen molar-refractivity contribution < 1.29 is 4.79 Å². The van der Waals surface area contributed by atoms with Gasteiger partial charge in [-0.3, -0.25) is 9.59 Å². The molecule has 2 aromatic rings. The van der Waals surface area contributed by atoms with Crippen molar-refractivity contribution in [2.75, 3.05) is 31.6 Å². The zero-order chi connectivity index (χ0) is 18.0. The van der Waals surface area contributed by atoms with Crippen molar-refractivity contribution in [3.63, 3.8) is 0 Å². The molecule has 0 aromatic carbocycles. The molecular formula is C18H23N5O2. The molecule has 7 heteroatoms. The van der Waals surface area contributed by atoms with E-state index in [-0.39, 0.29) is 11.5 Å². The van der Waals surface area contributed by atoms with Crippen molar-refractivity contribution in [2.45, 2.75) is 26.7 Å². The van der Waals surface area contributed by atoms with Gasteiger partial charge >= 0.3 is 0 Å². The fourth-order valence-electron chi connectivity index (χ4n) is 2.86. The first kappa shape index (κ1) is 17.1. The van der Waals surface area contributed by atoms with Gasteiger partial charge in [-0.05, 0) is 32.4 Å². The first-order valence-electron chi connectivity index (χ1n) is 8.48. The van der Waals surface area contributed by atoms with Gasteiger partial charge < -0.3 is 14.8 Å². The molecule has 0 atom stereocenters. The van der Waals surface area contributed by atoms with Gasteiger partial charge in [0.25, 0.3) is 5.56 Å². The van der Waals surface area contributed by atoms with Crippen LogP contribution in [0.3, 0.4) is 0 Å². The first-order valence-corrected chi connectivity index (χ1v) is 8.48. The highest BCUT2D eigenvalue weighted by molar-refractivity contribution is 5.78. The quantitative estimate of drug-likeness (QED) is 0.891. The van der Waals surface area contributed by atoms with Crippen LogP contribution >= 0.6 is 0 Å². The zero-order valence-corrected chi connectivity index (χ0v) is 14.9. The number of likely N-dealkylation sites (tertiary alicyclic amines) is 1. The fourth-order valence-corrected chi connectivity index (χ4v) is 2.86. The summed E-state index contributed by atoms with van der Waals surface area (Å²) in [6.07, 6.45) is 3.33. The monoisotopic (exact) mass is 341 g/mol. The molecule has 0 unspecified atom stereocenters. The number of carbonyl (C=O) groups excluding carboxylic acids is 1. The van der Waals surface area contributed by atoms with Crippen LogP contribution in [0.1, 0.15) is 24.1 Å². The molecule has 1 fully saturated rings. The molecule has 2 aromatic heterocycles. The summed E-state index contributed by atoms with van der Waals surface area (Å²) in [7, 11) is 1.96. The molecule has 0 spiro atoms. The highest BCUT2D eigenvalue weighted by atomic mass is 16.2. The van der Waals surface area contributed by atoms with Crippen LogP contribution in [0.5, 0.6) is 0 Å². The van der Waals surface area contributed by atoms with Crippen LogP contribution in [-0.2, 0) is 4.79 Å². The number of amides is 1. The molecule has 1 amide bonds. The number of carbonyl (C=O) groups is 1.